The molecule has 2 aliphatic carbocycles. The Hall–Kier alpha value is -1.14. The number of likely N-dealkylation sites (N-methyl/N-ethyl adjacent to an activating group) is 1. The largest absolute Gasteiger partial charge is 0.371 e. The van der Waals surface area contributed by atoms with Crippen molar-refractivity contribution in [3.8, 4) is 0 Å². The first-order chi connectivity index (χ1) is 10.9. The molecule has 23 heavy (non-hydrogen) atoms. The van der Waals surface area contributed by atoms with Gasteiger partial charge in [0.25, 0.3) is 0 Å². The first-order valence-corrected chi connectivity index (χ1v) is 8.72. The molecule has 2 rings (SSSR count). The van der Waals surface area contributed by atoms with E-state index in [0.29, 0.717) is 12.5 Å². The Morgan fingerprint density at radius 3 is 2.35 bits per heavy atom. The average Bonchev–Trinajstić information content (AvgIpc) is 3.08. The summed E-state index contributed by atoms with van der Waals surface area (Å²) in [6.07, 6.45) is 4.54. The van der Waals surface area contributed by atoms with E-state index in [1.807, 2.05) is 32.8 Å². The van der Waals surface area contributed by atoms with Crippen LogP contribution >= 0.6 is 0 Å². The molecule has 0 heterocycles. The van der Waals surface area contributed by atoms with Crippen LogP contribution in [-0.2, 0) is 14.3 Å². The molecule has 0 bridgehead atoms. The molecule has 2 N–H and O–H groups in total. The number of carbonyl (C=O) groups excluding carboxylic acids is 2. The zero-order valence-electron chi connectivity index (χ0n) is 14.8. The summed E-state index contributed by atoms with van der Waals surface area (Å²) in [5, 5.41) is 5.95. The predicted octanol–water partition coefficient (Wildman–Crippen LogP) is 0.763. The fraction of sp³-hybridized carbons (Fsp3) is 0.882. The Bertz CT molecular complexity index is 413. The van der Waals surface area contributed by atoms with E-state index in [0.717, 1.165) is 6.42 Å². The first kappa shape index (κ1) is 18.2. The molecule has 2 aliphatic rings. The number of rotatable bonds is 9. The number of nitrogens with one attached hydrogen (secondary N) is 2. The van der Waals surface area contributed by atoms with Crippen LogP contribution < -0.4 is 10.6 Å². The molecule has 2 saturated carbocycles. The van der Waals surface area contributed by atoms with E-state index in [2.05, 4.69) is 10.6 Å². The van der Waals surface area contributed by atoms with Gasteiger partial charge in [0.2, 0.25) is 11.8 Å². The molecule has 1 unspecified atom stereocenters. The van der Waals surface area contributed by atoms with E-state index in [1.54, 1.807) is 0 Å². The Balaban J connectivity index is 1.62. The highest BCUT2D eigenvalue weighted by atomic mass is 16.5. The summed E-state index contributed by atoms with van der Waals surface area (Å²) in [4.78, 5) is 26.0. The molecule has 0 aromatic rings. The summed E-state index contributed by atoms with van der Waals surface area (Å²) in [5.41, 5.74) is 0. The normalized spacial score (nSPS) is 25.1. The van der Waals surface area contributed by atoms with Crippen LogP contribution in [0.25, 0.3) is 0 Å². The molecule has 0 aliphatic heterocycles. The Labute approximate surface area is 139 Å². The van der Waals surface area contributed by atoms with E-state index in [4.69, 9.17) is 4.74 Å². The van der Waals surface area contributed by atoms with Crippen LogP contribution in [0.3, 0.4) is 0 Å². The summed E-state index contributed by atoms with van der Waals surface area (Å²) in [7, 11) is 3.83. The maximum Gasteiger partial charge on any atom is 0.246 e. The second-order valence-electron chi connectivity index (χ2n) is 7.49. The van der Waals surface area contributed by atoms with Crippen LogP contribution in [0.15, 0.2) is 0 Å². The van der Waals surface area contributed by atoms with Gasteiger partial charge in [0.15, 0.2) is 0 Å². The molecule has 0 aromatic heterocycles. The number of nitrogens with zero attached hydrogens (tertiary/aromatic N) is 1. The van der Waals surface area contributed by atoms with Gasteiger partial charge in [-0.05, 0) is 45.2 Å². The predicted molar refractivity (Wildman–Crippen MR) is 89.0 cm³/mol. The van der Waals surface area contributed by atoms with Gasteiger partial charge in [0.05, 0.1) is 24.7 Å². The van der Waals surface area contributed by atoms with Crippen molar-refractivity contribution in [3.63, 3.8) is 0 Å². The van der Waals surface area contributed by atoms with Gasteiger partial charge in [-0.3, -0.25) is 14.5 Å². The topological polar surface area (TPSA) is 70.7 Å². The van der Waals surface area contributed by atoms with E-state index >= 15 is 0 Å². The zero-order valence-corrected chi connectivity index (χ0v) is 14.8. The molecule has 6 heteroatoms. The molecular formula is C17H31N3O3. The Morgan fingerprint density at radius 1 is 1.17 bits per heavy atom. The van der Waals surface area contributed by atoms with Gasteiger partial charge in [-0.15, -0.1) is 0 Å². The molecule has 3 atom stereocenters. The third-order valence-electron chi connectivity index (χ3n) is 4.73. The van der Waals surface area contributed by atoms with Crippen LogP contribution in [0, 0.1) is 11.8 Å². The highest BCUT2D eigenvalue weighted by molar-refractivity contribution is 5.83. The number of hydrogen-bond donors (Lipinski definition) is 2. The van der Waals surface area contributed by atoms with Crippen molar-refractivity contribution < 1.29 is 14.3 Å². The van der Waals surface area contributed by atoms with Crippen molar-refractivity contribution in [2.24, 2.45) is 11.8 Å². The number of ether oxygens (including phenoxy) is 1. The van der Waals surface area contributed by atoms with Crippen molar-refractivity contribution in [2.45, 2.75) is 57.7 Å². The molecule has 6 nitrogen and oxygen atoms in total. The second-order valence-corrected chi connectivity index (χ2v) is 7.49. The standard InChI is InChI=1S/C17H31N3O3/c1-11(2)16(20(3)4)17(22)19-14-8-13(14)18-15(21)10-23-9-12-6-5-7-12/h11-14,16H,5-10H2,1-4H3,(H,18,21)(H,19,22)/t13-,14-,16?/m1/s1. The summed E-state index contributed by atoms with van der Waals surface area (Å²) < 4.78 is 5.44. The molecule has 2 amide bonds. The van der Waals surface area contributed by atoms with Gasteiger partial charge in [-0.2, -0.15) is 0 Å². The summed E-state index contributed by atoms with van der Waals surface area (Å²) >= 11 is 0. The maximum atomic E-state index is 12.3. The Kier molecular flexibility index (Phi) is 6.41. The van der Waals surface area contributed by atoms with Gasteiger partial charge in [0, 0.05) is 0 Å². The summed E-state index contributed by atoms with van der Waals surface area (Å²) in [6, 6.07) is -0.0363. The van der Waals surface area contributed by atoms with E-state index in [-0.39, 0.29) is 42.5 Å². The third kappa shape index (κ3) is 5.46. The summed E-state index contributed by atoms with van der Waals surface area (Å²) in [5.74, 6) is 0.846. The van der Waals surface area contributed by atoms with Crippen molar-refractivity contribution in [1.82, 2.24) is 15.5 Å². The number of amides is 2. The summed E-state index contributed by atoms with van der Waals surface area (Å²) in [6.45, 7) is 4.89. The first-order valence-electron chi connectivity index (χ1n) is 8.72. The highest BCUT2D eigenvalue weighted by Crippen LogP contribution is 2.26. The van der Waals surface area contributed by atoms with Crippen LogP contribution in [-0.4, -0.2) is 62.1 Å². The molecule has 0 aromatic carbocycles. The monoisotopic (exact) mass is 325 g/mol. The van der Waals surface area contributed by atoms with Gasteiger partial charge >= 0.3 is 0 Å². The molecule has 132 valence electrons. The molecule has 0 spiro atoms. The number of carbonyl (C=O) groups is 2. The lowest BCUT2D eigenvalue weighted by Gasteiger charge is -2.26. The van der Waals surface area contributed by atoms with Crippen molar-refractivity contribution in [2.75, 3.05) is 27.3 Å². The van der Waals surface area contributed by atoms with Gasteiger partial charge < -0.3 is 15.4 Å². The smallest absolute Gasteiger partial charge is 0.246 e. The minimum Gasteiger partial charge on any atom is -0.371 e. The number of hydrogen-bond acceptors (Lipinski definition) is 4. The lowest BCUT2D eigenvalue weighted by molar-refractivity contribution is -0.128. The van der Waals surface area contributed by atoms with Gasteiger partial charge in [-0.25, -0.2) is 0 Å². The van der Waals surface area contributed by atoms with Crippen LogP contribution in [0.2, 0.25) is 0 Å². The van der Waals surface area contributed by atoms with Gasteiger partial charge in [-0.1, -0.05) is 20.3 Å². The van der Waals surface area contributed by atoms with Crippen molar-refractivity contribution in [3.05, 3.63) is 0 Å². The fourth-order valence-electron chi connectivity index (χ4n) is 3.14. The minimum absolute atomic E-state index is 0.0352. The van der Waals surface area contributed by atoms with Crippen LogP contribution in [0.1, 0.15) is 39.5 Å². The van der Waals surface area contributed by atoms with Crippen LogP contribution in [0.5, 0.6) is 0 Å². The maximum absolute atomic E-state index is 12.3. The van der Waals surface area contributed by atoms with Crippen molar-refractivity contribution in [1.29, 1.82) is 0 Å². The molecule has 2 fully saturated rings. The van der Waals surface area contributed by atoms with Crippen molar-refractivity contribution >= 4 is 11.8 Å². The second kappa shape index (κ2) is 8.11. The average molecular weight is 325 g/mol. The molecular weight excluding hydrogens is 294 g/mol. The van der Waals surface area contributed by atoms with E-state index in [1.165, 1.54) is 19.3 Å². The van der Waals surface area contributed by atoms with Crippen LogP contribution in [0.4, 0.5) is 0 Å². The lowest BCUT2D eigenvalue weighted by atomic mass is 9.86. The lowest BCUT2D eigenvalue weighted by Crippen LogP contribution is -2.48. The third-order valence-corrected chi connectivity index (χ3v) is 4.73. The quantitative estimate of drug-likeness (QED) is 0.657. The van der Waals surface area contributed by atoms with E-state index in [9.17, 15) is 9.59 Å². The Morgan fingerprint density at radius 2 is 1.83 bits per heavy atom. The molecule has 0 saturated heterocycles. The highest BCUT2D eigenvalue weighted by Gasteiger charge is 2.41. The SMILES string of the molecule is CC(C)C(C(=O)N[C@@H]1C[C@H]1NC(=O)COCC1CCC1)N(C)C. The zero-order chi connectivity index (χ0) is 17.0. The minimum atomic E-state index is -0.141. The molecule has 0 radical (unpaired) electrons. The van der Waals surface area contributed by atoms with E-state index < -0.39 is 0 Å². The van der Waals surface area contributed by atoms with Gasteiger partial charge in [0.1, 0.15) is 6.61 Å². The fourth-order valence-corrected chi connectivity index (χ4v) is 3.14.